The van der Waals surface area contributed by atoms with E-state index in [1.54, 1.807) is 24.3 Å². The number of anilines is 1. The highest BCUT2D eigenvalue weighted by Crippen LogP contribution is 2.32. The Hall–Kier alpha value is -3.57. The molecule has 44 heavy (non-hydrogen) atoms. The summed E-state index contributed by atoms with van der Waals surface area (Å²) in [7, 11) is -3.97. The second-order valence-electron chi connectivity index (χ2n) is 10.5. The predicted molar refractivity (Wildman–Crippen MR) is 167 cm³/mol. The average Bonchev–Trinajstić information content (AvgIpc) is 2.96. The fourth-order valence-electron chi connectivity index (χ4n) is 4.73. The first kappa shape index (κ1) is 34.9. The molecule has 0 fully saturated rings. The second-order valence-corrected chi connectivity index (χ2v) is 12.8. The number of rotatable bonds is 15. The molecule has 1 atom stereocenters. The van der Waals surface area contributed by atoms with Crippen LogP contribution in [0.4, 0.5) is 18.9 Å². The first-order valence-corrected chi connectivity index (χ1v) is 16.5. The summed E-state index contributed by atoms with van der Waals surface area (Å²) in [5.74, 6) is -0.728. The van der Waals surface area contributed by atoms with Gasteiger partial charge in [-0.1, -0.05) is 73.5 Å². The minimum atomic E-state index is -4.65. The summed E-state index contributed by atoms with van der Waals surface area (Å²) in [6.07, 6.45) is -2.02. The van der Waals surface area contributed by atoms with Crippen LogP contribution in [0.25, 0.3) is 0 Å². The van der Waals surface area contributed by atoms with E-state index in [0.717, 1.165) is 47.2 Å². The second kappa shape index (κ2) is 15.9. The quantitative estimate of drug-likeness (QED) is 0.191. The topological polar surface area (TPSA) is 86.8 Å². The number of hydrogen-bond donors (Lipinski definition) is 1. The van der Waals surface area contributed by atoms with E-state index in [1.165, 1.54) is 11.0 Å². The molecule has 0 spiro atoms. The Bertz CT molecular complexity index is 1500. The number of sulfonamides is 1. The van der Waals surface area contributed by atoms with Gasteiger partial charge in [0.05, 0.1) is 17.5 Å². The van der Waals surface area contributed by atoms with Crippen LogP contribution in [-0.4, -0.2) is 50.5 Å². The Balaban J connectivity index is 1.89. The summed E-state index contributed by atoms with van der Waals surface area (Å²) in [6, 6.07) is 19.4. The third-order valence-electron chi connectivity index (χ3n) is 6.96. The van der Waals surface area contributed by atoms with E-state index in [-0.39, 0.29) is 43.9 Å². The zero-order valence-corrected chi connectivity index (χ0v) is 26.3. The van der Waals surface area contributed by atoms with Crippen LogP contribution in [0.5, 0.6) is 0 Å². The SMILES string of the molecule is CCCCNC(=O)[C@H](Cc1ccccc1)N(Cc1cccc(Cl)c1)C(=O)CCCN(c1cccc(C(F)(F)F)c1)S(C)(=O)=O. The summed E-state index contributed by atoms with van der Waals surface area (Å²) < 4.78 is 66.0. The summed E-state index contributed by atoms with van der Waals surface area (Å²) in [4.78, 5) is 28.8. The lowest BCUT2D eigenvalue weighted by molar-refractivity contribution is -0.141. The van der Waals surface area contributed by atoms with E-state index in [0.29, 0.717) is 17.1 Å². The van der Waals surface area contributed by atoms with Crippen molar-refractivity contribution in [2.75, 3.05) is 23.7 Å². The van der Waals surface area contributed by atoms with Gasteiger partial charge in [-0.2, -0.15) is 13.2 Å². The van der Waals surface area contributed by atoms with Gasteiger partial charge >= 0.3 is 6.18 Å². The molecule has 3 rings (SSSR count). The van der Waals surface area contributed by atoms with Gasteiger partial charge in [0.2, 0.25) is 21.8 Å². The molecule has 0 saturated heterocycles. The largest absolute Gasteiger partial charge is 0.416 e. The Morgan fingerprint density at radius 3 is 2.25 bits per heavy atom. The van der Waals surface area contributed by atoms with Crippen molar-refractivity contribution in [3.05, 3.63) is 101 Å². The maximum absolute atomic E-state index is 13.8. The number of amides is 2. The molecule has 3 aromatic rings. The summed E-state index contributed by atoms with van der Waals surface area (Å²) >= 11 is 6.21. The van der Waals surface area contributed by atoms with Crippen LogP contribution in [-0.2, 0) is 38.8 Å². The highest BCUT2D eigenvalue weighted by Gasteiger charge is 2.32. The van der Waals surface area contributed by atoms with Crippen LogP contribution < -0.4 is 9.62 Å². The number of halogens is 4. The molecular formula is C32H37ClF3N3O4S. The Morgan fingerprint density at radius 1 is 0.932 bits per heavy atom. The van der Waals surface area contributed by atoms with Gasteiger partial charge in [0.15, 0.2) is 0 Å². The fourth-order valence-corrected chi connectivity index (χ4v) is 5.90. The number of unbranched alkanes of at least 4 members (excludes halogenated alkanes) is 1. The van der Waals surface area contributed by atoms with E-state index in [2.05, 4.69) is 5.32 Å². The molecule has 0 aliphatic heterocycles. The van der Waals surface area contributed by atoms with Crippen molar-refractivity contribution in [2.24, 2.45) is 0 Å². The third kappa shape index (κ3) is 10.6. The van der Waals surface area contributed by atoms with Gasteiger partial charge in [0.25, 0.3) is 0 Å². The molecule has 7 nitrogen and oxygen atoms in total. The van der Waals surface area contributed by atoms with Crippen molar-refractivity contribution in [2.45, 2.75) is 57.8 Å². The minimum Gasteiger partial charge on any atom is -0.354 e. The van der Waals surface area contributed by atoms with E-state index >= 15 is 0 Å². The van der Waals surface area contributed by atoms with Crippen LogP contribution >= 0.6 is 11.6 Å². The van der Waals surface area contributed by atoms with Crippen LogP contribution in [0.3, 0.4) is 0 Å². The number of carbonyl (C=O) groups excluding carboxylic acids is 2. The van der Waals surface area contributed by atoms with Crippen molar-refractivity contribution in [1.82, 2.24) is 10.2 Å². The monoisotopic (exact) mass is 651 g/mol. The zero-order chi connectivity index (χ0) is 32.3. The van der Waals surface area contributed by atoms with Crippen molar-refractivity contribution in [3.63, 3.8) is 0 Å². The molecule has 12 heteroatoms. The number of benzene rings is 3. The molecule has 0 saturated carbocycles. The van der Waals surface area contributed by atoms with Gasteiger partial charge in [0, 0.05) is 37.5 Å². The van der Waals surface area contributed by atoms with E-state index in [4.69, 9.17) is 11.6 Å². The van der Waals surface area contributed by atoms with Crippen LogP contribution in [0.15, 0.2) is 78.9 Å². The Kier molecular flexibility index (Phi) is 12.7. The van der Waals surface area contributed by atoms with Crippen molar-refractivity contribution >= 4 is 39.1 Å². The normalized spacial score (nSPS) is 12.4. The highest BCUT2D eigenvalue weighted by molar-refractivity contribution is 7.92. The third-order valence-corrected chi connectivity index (χ3v) is 8.39. The molecule has 0 radical (unpaired) electrons. The van der Waals surface area contributed by atoms with Gasteiger partial charge in [-0.25, -0.2) is 8.42 Å². The van der Waals surface area contributed by atoms with E-state index in [9.17, 15) is 31.2 Å². The van der Waals surface area contributed by atoms with Gasteiger partial charge in [-0.15, -0.1) is 0 Å². The summed E-state index contributed by atoms with van der Waals surface area (Å²) in [5, 5.41) is 3.40. The molecule has 0 aliphatic rings. The number of carbonyl (C=O) groups is 2. The van der Waals surface area contributed by atoms with Crippen molar-refractivity contribution in [1.29, 1.82) is 0 Å². The number of alkyl halides is 3. The number of nitrogens with one attached hydrogen (secondary N) is 1. The Labute approximate surface area is 262 Å². The van der Waals surface area contributed by atoms with E-state index in [1.807, 2.05) is 37.3 Å². The maximum atomic E-state index is 13.8. The van der Waals surface area contributed by atoms with Gasteiger partial charge in [-0.3, -0.25) is 13.9 Å². The minimum absolute atomic E-state index is 0.00368. The Morgan fingerprint density at radius 2 is 1.61 bits per heavy atom. The molecule has 0 heterocycles. The van der Waals surface area contributed by atoms with Crippen molar-refractivity contribution < 1.29 is 31.2 Å². The van der Waals surface area contributed by atoms with Gasteiger partial charge < -0.3 is 10.2 Å². The molecule has 238 valence electrons. The van der Waals surface area contributed by atoms with Crippen LogP contribution in [0, 0.1) is 0 Å². The van der Waals surface area contributed by atoms with Gasteiger partial charge in [-0.05, 0) is 54.3 Å². The highest BCUT2D eigenvalue weighted by atomic mass is 35.5. The standard InChI is InChI=1S/C32H37ClF3N3O4S/c1-3-4-18-37-31(41)29(21-24-11-6-5-7-12-24)38(23-25-13-8-15-27(33)20-25)30(40)17-10-19-39(44(2,42)43)28-16-9-14-26(22-28)32(34,35)36/h5-9,11-16,20,22,29H,3-4,10,17-19,21,23H2,1-2H3,(H,37,41)/t29-/m0/s1. The number of hydrogen-bond acceptors (Lipinski definition) is 4. The summed E-state index contributed by atoms with van der Waals surface area (Å²) in [6.45, 7) is 2.28. The average molecular weight is 652 g/mol. The lowest BCUT2D eigenvalue weighted by Gasteiger charge is -2.32. The molecule has 1 N–H and O–H groups in total. The molecule has 0 unspecified atom stereocenters. The zero-order valence-electron chi connectivity index (χ0n) is 24.7. The van der Waals surface area contributed by atoms with E-state index < -0.39 is 33.7 Å². The van der Waals surface area contributed by atoms with Crippen LogP contribution in [0.1, 0.15) is 49.3 Å². The maximum Gasteiger partial charge on any atom is 0.416 e. The molecular weight excluding hydrogens is 615 g/mol. The predicted octanol–water partition coefficient (Wildman–Crippen LogP) is 6.46. The number of nitrogens with zero attached hydrogens (tertiary/aromatic N) is 2. The molecule has 0 bridgehead atoms. The molecule has 0 aromatic heterocycles. The van der Waals surface area contributed by atoms with Crippen LogP contribution in [0.2, 0.25) is 5.02 Å². The first-order valence-electron chi connectivity index (χ1n) is 14.3. The lowest BCUT2D eigenvalue weighted by atomic mass is 10.0. The van der Waals surface area contributed by atoms with Gasteiger partial charge in [0.1, 0.15) is 6.04 Å². The lowest BCUT2D eigenvalue weighted by Crippen LogP contribution is -2.50. The molecule has 0 aliphatic carbocycles. The molecule has 2 amide bonds. The summed E-state index contributed by atoms with van der Waals surface area (Å²) in [5.41, 5.74) is 0.417. The first-order chi connectivity index (χ1) is 20.8. The fraction of sp³-hybridized carbons (Fsp3) is 0.375. The smallest absolute Gasteiger partial charge is 0.354 e. The van der Waals surface area contributed by atoms with Crippen molar-refractivity contribution in [3.8, 4) is 0 Å². The molecule has 3 aromatic carbocycles.